The largest absolute Gasteiger partial charge is 0.378 e. The highest BCUT2D eigenvalue weighted by atomic mass is 16.2. The minimum absolute atomic E-state index is 0.210. The van der Waals surface area contributed by atoms with E-state index in [9.17, 15) is 9.59 Å². The van der Waals surface area contributed by atoms with Crippen LogP contribution in [-0.4, -0.2) is 37.9 Å². The standard InChI is InChI=1S/C22H22N4O2/c1-25(2)18-11-9-17(10-12-18)24-21(27)16-13-14-23-20(15-16)22(28)26(3)19-7-5-4-6-8-19/h4-15H,1-3H3,(H,24,27). The second-order valence-corrected chi connectivity index (χ2v) is 6.52. The molecule has 2 aromatic carbocycles. The van der Waals surface area contributed by atoms with Gasteiger partial charge in [-0.25, -0.2) is 0 Å². The van der Waals surface area contributed by atoms with Gasteiger partial charge in [0.05, 0.1) is 0 Å². The molecule has 0 spiro atoms. The molecule has 0 atom stereocenters. The molecule has 0 aliphatic carbocycles. The number of rotatable bonds is 5. The fourth-order valence-corrected chi connectivity index (χ4v) is 2.68. The Morgan fingerprint density at radius 1 is 0.857 bits per heavy atom. The predicted molar refractivity (Wildman–Crippen MR) is 112 cm³/mol. The van der Waals surface area contributed by atoms with Gasteiger partial charge in [0, 0.05) is 50.0 Å². The van der Waals surface area contributed by atoms with Gasteiger partial charge in [-0.3, -0.25) is 14.6 Å². The normalized spacial score (nSPS) is 10.2. The Labute approximate surface area is 164 Å². The van der Waals surface area contributed by atoms with E-state index in [-0.39, 0.29) is 17.5 Å². The number of anilines is 3. The smallest absolute Gasteiger partial charge is 0.276 e. The van der Waals surface area contributed by atoms with Crippen molar-refractivity contribution in [1.82, 2.24) is 4.98 Å². The number of carbonyl (C=O) groups is 2. The van der Waals surface area contributed by atoms with Crippen LogP contribution in [0, 0.1) is 0 Å². The van der Waals surface area contributed by atoms with Crippen molar-refractivity contribution in [2.24, 2.45) is 0 Å². The van der Waals surface area contributed by atoms with Gasteiger partial charge in [-0.1, -0.05) is 18.2 Å². The van der Waals surface area contributed by atoms with Gasteiger partial charge in [0.2, 0.25) is 0 Å². The van der Waals surface area contributed by atoms with E-state index in [1.165, 1.54) is 17.2 Å². The van der Waals surface area contributed by atoms with Crippen LogP contribution in [0.15, 0.2) is 72.9 Å². The number of benzene rings is 2. The number of amides is 2. The topological polar surface area (TPSA) is 65.5 Å². The first kappa shape index (κ1) is 19.1. The summed E-state index contributed by atoms with van der Waals surface area (Å²) >= 11 is 0. The third-order valence-corrected chi connectivity index (χ3v) is 4.33. The zero-order valence-corrected chi connectivity index (χ0v) is 16.1. The molecule has 3 rings (SSSR count). The van der Waals surface area contributed by atoms with Gasteiger partial charge >= 0.3 is 0 Å². The van der Waals surface area contributed by atoms with E-state index >= 15 is 0 Å². The minimum Gasteiger partial charge on any atom is -0.378 e. The summed E-state index contributed by atoms with van der Waals surface area (Å²) in [6, 6.07) is 19.9. The van der Waals surface area contributed by atoms with Crippen molar-refractivity contribution in [3.63, 3.8) is 0 Å². The number of nitrogens with zero attached hydrogens (tertiary/aromatic N) is 3. The Hall–Kier alpha value is -3.67. The molecular formula is C22H22N4O2. The zero-order valence-electron chi connectivity index (χ0n) is 16.1. The lowest BCUT2D eigenvalue weighted by Gasteiger charge is -2.17. The van der Waals surface area contributed by atoms with Gasteiger partial charge in [0.25, 0.3) is 11.8 Å². The highest BCUT2D eigenvalue weighted by molar-refractivity contribution is 6.08. The van der Waals surface area contributed by atoms with Crippen LogP contribution in [0.2, 0.25) is 0 Å². The molecule has 0 aliphatic rings. The fourth-order valence-electron chi connectivity index (χ4n) is 2.68. The summed E-state index contributed by atoms with van der Waals surface area (Å²) in [5.74, 6) is -0.576. The number of aromatic nitrogens is 1. The van der Waals surface area contributed by atoms with Crippen LogP contribution in [0.3, 0.4) is 0 Å². The lowest BCUT2D eigenvalue weighted by atomic mass is 10.2. The first-order chi connectivity index (χ1) is 13.5. The first-order valence-corrected chi connectivity index (χ1v) is 8.83. The maximum Gasteiger partial charge on any atom is 0.276 e. The summed E-state index contributed by atoms with van der Waals surface area (Å²) in [5.41, 5.74) is 3.06. The van der Waals surface area contributed by atoms with E-state index in [1.54, 1.807) is 13.1 Å². The van der Waals surface area contributed by atoms with Crippen LogP contribution in [0.5, 0.6) is 0 Å². The SMILES string of the molecule is CN(C)c1ccc(NC(=O)c2ccnc(C(=O)N(C)c3ccccc3)c2)cc1. The highest BCUT2D eigenvalue weighted by Gasteiger charge is 2.17. The molecular weight excluding hydrogens is 352 g/mol. The number of para-hydroxylation sites is 1. The number of nitrogens with one attached hydrogen (secondary N) is 1. The predicted octanol–water partition coefficient (Wildman–Crippen LogP) is 3.68. The monoisotopic (exact) mass is 374 g/mol. The maximum atomic E-state index is 12.7. The van der Waals surface area contributed by atoms with Crippen molar-refractivity contribution < 1.29 is 9.59 Å². The molecule has 0 bridgehead atoms. The lowest BCUT2D eigenvalue weighted by molar-refractivity contribution is 0.0988. The second kappa shape index (κ2) is 8.35. The second-order valence-electron chi connectivity index (χ2n) is 6.52. The molecule has 1 aromatic heterocycles. The molecule has 28 heavy (non-hydrogen) atoms. The van der Waals surface area contributed by atoms with Gasteiger partial charge in [-0.15, -0.1) is 0 Å². The van der Waals surface area contributed by atoms with E-state index < -0.39 is 0 Å². The number of pyridine rings is 1. The third-order valence-electron chi connectivity index (χ3n) is 4.33. The molecule has 0 unspecified atom stereocenters. The van der Waals surface area contributed by atoms with E-state index in [2.05, 4.69) is 10.3 Å². The quantitative estimate of drug-likeness (QED) is 0.740. The van der Waals surface area contributed by atoms with Crippen molar-refractivity contribution in [3.8, 4) is 0 Å². The van der Waals surface area contributed by atoms with Crippen LogP contribution in [0.25, 0.3) is 0 Å². The zero-order chi connectivity index (χ0) is 20.1. The number of hydrogen-bond donors (Lipinski definition) is 1. The molecule has 6 heteroatoms. The van der Waals surface area contributed by atoms with Crippen LogP contribution in [0.1, 0.15) is 20.8 Å². The van der Waals surface area contributed by atoms with Gasteiger partial charge in [0.15, 0.2) is 0 Å². The summed E-state index contributed by atoms with van der Waals surface area (Å²) in [7, 11) is 5.59. The molecule has 0 aliphatic heterocycles. The van der Waals surface area contributed by atoms with E-state index in [1.807, 2.05) is 73.6 Å². The summed E-state index contributed by atoms with van der Waals surface area (Å²) in [4.78, 5) is 32.9. The van der Waals surface area contributed by atoms with Crippen molar-refractivity contribution in [2.45, 2.75) is 0 Å². The molecule has 1 N–H and O–H groups in total. The molecule has 3 aromatic rings. The molecule has 142 valence electrons. The van der Waals surface area contributed by atoms with Crippen LogP contribution in [0.4, 0.5) is 17.1 Å². The van der Waals surface area contributed by atoms with Crippen LogP contribution < -0.4 is 15.1 Å². The van der Waals surface area contributed by atoms with E-state index in [0.29, 0.717) is 11.3 Å². The van der Waals surface area contributed by atoms with E-state index in [4.69, 9.17) is 0 Å². The summed E-state index contributed by atoms with van der Waals surface area (Å²) < 4.78 is 0. The van der Waals surface area contributed by atoms with Gasteiger partial charge < -0.3 is 15.1 Å². The Bertz CT molecular complexity index is 969. The number of hydrogen-bond acceptors (Lipinski definition) is 4. The van der Waals surface area contributed by atoms with Crippen LogP contribution >= 0.6 is 0 Å². The Balaban J connectivity index is 1.75. The summed E-state index contributed by atoms with van der Waals surface area (Å²) in [6.07, 6.45) is 1.47. The third kappa shape index (κ3) is 4.35. The molecule has 0 radical (unpaired) electrons. The van der Waals surface area contributed by atoms with Gasteiger partial charge in [-0.05, 0) is 48.5 Å². The van der Waals surface area contributed by atoms with Gasteiger partial charge in [-0.2, -0.15) is 0 Å². The van der Waals surface area contributed by atoms with Crippen molar-refractivity contribution in [3.05, 3.63) is 84.2 Å². The minimum atomic E-state index is -0.295. The molecule has 2 amide bonds. The van der Waals surface area contributed by atoms with Crippen molar-refractivity contribution in [1.29, 1.82) is 0 Å². The molecule has 0 saturated heterocycles. The highest BCUT2D eigenvalue weighted by Crippen LogP contribution is 2.17. The molecule has 6 nitrogen and oxygen atoms in total. The van der Waals surface area contributed by atoms with Crippen molar-refractivity contribution in [2.75, 3.05) is 36.3 Å². The number of carbonyl (C=O) groups excluding carboxylic acids is 2. The molecule has 1 heterocycles. The molecule has 0 saturated carbocycles. The average Bonchev–Trinajstić information content (AvgIpc) is 2.73. The summed E-state index contributed by atoms with van der Waals surface area (Å²) in [5, 5.41) is 2.84. The Kier molecular flexibility index (Phi) is 5.69. The maximum absolute atomic E-state index is 12.7. The fraction of sp³-hybridized carbons (Fsp3) is 0.136. The van der Waals surface area contributed by atoms with Crippen LogP contribution in [-0.2, 0) is 0 Å². The molecule has 0 fully saturated rings. The summed E-state index contributed by atoms with van der Waals surface area (Å²) in [6.45, 7) is 0. The van der Waals surface area contributed by atoms with E-state index in [0.717, 1.165) is 11.4 Å². The first-order valence-electron chi connectivity index (χ1n) is 8.83. The Morgan fingerprint density at radius 2 is 1.54 bits per heavy atom. The Morgan fingerprint density at radius 3 is 2.18 bits per heavy atom. The van der Waals surface area contributed by atoms with Crippen molar-refractivity contribution >= 4 is 28.9 Å². The average molecular weight is 374 g/mol. The van der Waals surface area contributed by atoms with Gasteiger partial charge in [0.1, 0.15) is 5.69 Å². The lowest BCUT2D eigenvalue weighted by Crippen LogP contribution is -2.27.